The highest BCUT2D eigenvalue weighted by molar-refractivity contribution is 7.20. The van der Waals surface area contributed by atoms with Crippen LogP contribution in [0.2, 0.25) is 0 Å². The van der Waals surface area contributed by atoms with Gasteiger partial charge in [0, 0.05) is 35.7 Å². The second-order valence-electron chi connectivity index (χ2n) is 4.80. The molecule has 0 aliphatic heterocycles. The van der Waals surface area contributed by atoms with Crippen LogP contribution in [0.1, 0.15) is 21.9 Å². The number of nitrogens with two attached hydrogens (primary N) is 1. The number of hydrogen-bond donors (Lipinski definition) is 3. The molecule has 0 unspecified atom stereocenters. The molecule has 5 nitrogen and oxygen atoms in total. The van der Waals surface area contributed by atoms with Crippen molar-refractivity contribution in [2.45, 2.75) is 12.8 Å². The molecule has 0 spiro atoms. The first kappa shape index (κ1) is 13.6. The summed E-state index contributed by atoms with van der Waals surface area (Å²) in [6, 6.07) is 7.57. The average Bonchev–Trinajstić information content (AvgIpc) is 3.11. The zero-order valence-electron chi connectivity index (χ0n) is 11.4. The second kappa shape index (κ2) is 5.97. The maximum Gasteiger partial charge on any atom is 0.261 e. The number of rotatable bonds is 5. The molecule has 0 aliphatic carbocycles. The molecule has 21 heavy (non-hydrogen) atoms. The number of amides is 1. The first-order chi connectivity index (χ1) is 10.2. The van der Waals surface area contributed by atoms with Gasteiger partial charge in [0.25, 0.3) is 5.91 Å². The predicted octanol–water partition coefficient (Wildman–Crippen LogP) is 2.57. The van der Waals surface area contributed by atoms with Crippen LogP contribution in [0, 0.1) is 0 Å². The van der Waals surface area contributed by atoms with E-state index in [1.807, 2.05) is 24.3 Å². The Labute approximate surface area is 126 Å². The number of fused-ring (bicyclic) bond motifs is 1. The number of H-pyrrole nitrogens is 1. The number of nitrogens with one attached hydrogen (secondary N) is 2. The van der Waals surface area contributed by atoms with Gasteiger partial charge in [0.05, 0.1) is 4.88 Å². The van der Waals surface area contributed by atoms with Gasteiger partial charge in [0.2, 0.25) is 0 Å². The highest BCUT2D eigenvalue weighted by Gasteiger charge is 2.09. The molecule has 3 rings (SSSR count). The van der Waals surface area contributed by atoms with Gasteiger partial charge >= 0.3 is 0 Å². The van der Waals surface area contributed by atoms with E-state index in [0.29, 0.717) is 17.1 Å². The molecule has 0 radical (unpaired) electrons. The topological polar surface area (TPSA) is 83.8 Å². The number of anilines is 1. The van der Waals surface area contributed by atoms with E-state index in [0.717, 1.165) is 28.8 Å². The zero-order valence-corrected chi connectivity index (χ0v) is 12.2. The third kappa shape index (κ3) is 3.22. The minimum Gasteiger partial charge on any atom is -0.399 e. The van der Waals surface area contributed by atoms with Gasteiger partial charge in [-0.3, -0.25) is 4.79 Å². The third-order valence-corrected chi connectivity index (χ3v) is 4.31. The van der Waals surface area contributed by atoms with Crippen LogP contribution < -0.4 is 11.1 Å². The number of nitrogen functional groups attached to an aromatic ring is 1. The minimum absolute atomic E-state index is 0.0331. The van der Waals surface area contributed by atoms with Crippen molar-refractivity contribution in [1.29, 1.82) is 0 Å². The Balaban J connectivity index is 1.56. The van der Waals surface area contributed by atoms with Gasteiger partial charge in [0.15, 0.2) is 0 Å². The Hall–Kier alpha value is -2.34. The molecule has 1 aromatic carbocycles. The van der Waals surface area contributed by atoms with Gasteiger partial charge in [0.1, 0.15) is 5.82 Å². The van der Waals surface area contributed by atoms with Crippen molar-refractivity contribution < 1.29 is 4.79 Å². The van der Waals surface area contributed by atoms with Crippen LogP contribution in [0.3, 0.4) is 0 Å². The quantitative estimate of drug-likeness (QED) is 0.500. The number of benzene rings is 1. The van der Waals surface area contributed by atoms with Gasteiger partial charge in [-0.1, -0.05) is 0 Å². The van der Waals surface area contributed by atoms with E-state index >= 15 is 0 Å². The largest absolute Gasteiger partial charge is 0.399 e. The number of hydrogen-bond acceptors (Lipinski definition) is 4. The van der Waals surface area contributed by atoms with Crippen LogP contribution in [0.4, 0.5) is 5.69 Å². The summed E-state index contributed by atoms with van der Waals surface area (Å²) in [6.45, 7) is 0.635. The van der Waals surface area contributed by atoms with Crippen LogP contribution in [0.25, 0.3) is 10.1 Å². The lowest BCUT2D eigenvalue weighted by Gasteiger charge is -2.02. The zero-order chi connectivity index (χ0) is 14.7. The van der Waals surface area contributed by atoms with Crippen molar-refractivity contribution >= 4 is 33.0 Å². The predicted molar refractivity (Wildman–Crippen MR) is 85.5 cm³/mol. The Morgan fingerprint density at radius 3 is 3.10 bits per heavy atom. The van der Waals surface area contributed by atoms with Gasteiger partial charge < -0.3 is 16.0 Å². The van der Waals surface area contributed by atoms with Crippen molar-refractivity contribution in [3.8, 4) is 0 Å². The summed E-state index contributed by atoms with van der Waals surface area (Å²) in [5.41, 5.74) is 6.46. The monoisotopic (exact) mass is 300 g/mol. The van der Waals surface area contributed by atoms with E-state index in [2.05, 4.69) is 15.3 Å². The van der Waals surface area contributed by atoms with Crippen LogP contribution >= 0.6 is 11.3 Å². The van der Waals surface area contributed by atoms with Crippen molar-refractivity contribution in [2.75, 3.05) is 12.3 Å². The summed E-state index contributed by atoms with van der Waals surface area (Å²) < 4.78 is 1.07. The fourth-order valence-corrected chi connectivity index (χ4v) is 3.11. The van der Waals surface area contributed by atoms with Crippen molar-refractivity contribution in [1.82, 2.24) is 15.3 Å². The number of nitrogens with zero attached hydrogens (tertiary/aromatic N) is 1. The number of carbonyl (C=O) groups excluding carboxylic acids is 1. The Bertz CT molecular complexity index is 748. The molecule has 0 aliphatic rings. The van der Waals surface area contributed by atoms with Crippen molar-refractivity contribution in [3.63, 3.8) is 0 Å². The van der Waals surface area contributed by atoms with E-state index in [1.54, 1.807) is 12.4 Å². The minimum atomic E-state index is -0.0331. The first-order valence-electron chi connectivity index (χ1n) is 6.78. The fourth-order valence-electron chi connectivity index (χ4n) is 2.15. The van der Waals surface area contributed by atoms with E-state index in [4.69, 9.17) is 5.73 Å². The molecule has 1 amide bonds. The summed E-state index contributed by atoms with van der Waals surface area (Å²) in [6.07, 6.45) is 5.22. The number of aryl methyl sites for hydroxylation is 1. The second-order valence-corrected chi connectivity index (χ2v) is 5.89. The van der Waals surface area contributed by atoms with Crippen molar-refractivity contribution in [2.24, 2.45) is 0 Å². The number of thiophene rings is 1. The Morgan fingerprint density at radius 1 is 1.38 bits per heavy atom. The lowest BCUT2D eigenvalue weighted by atomic mass is 10.2. The highest BCUT2D eigenvalue weighted by Crippen LogP contribution is 2.27. The number of carbonyl (C=O) groups is 1. The van der Waals surface area contributed by atoms with Crippen LogP contribution in [-0.2, 0) is 6.42 Å². The maximum atomic E-state index is 12.1. The summed E-state index contributed by atoms with van der Waals surface area (Å²) >= 11 is 1.48. The lowest BCUT2D eigenvalue weighted by Crippen LogP contribution is -2.23. The molecule has 6 heteroatoms. The number of imidazole rings is 1. The van der Waals surface area contributed by atoms with Crippen LogP contribution in [0.5, 0.6) is 0 Å². The molecule has 0 bridgehead atoms. The molecule has 0 fully saturated rings. The molecule has 0 atom stereocenters. The van der Waals surface area contributed by atoms with Gasteiger partial charge in [-0.05, 0) is 36.1 Å². The smallest absolute Gasteiger partial charge is 0.261 e. The molecule has 108 valence electrons. The maximum absolute atomic E-state index is 12.1. The SMILES string of the molecule is Nc1ccc2sc(C(=O)NCCCc3ncc[nH]3)cc2c1. The molecule has 0 saturated carbocycles. The van der Waals surface area contributed by atoms with Crippen LogP contribution in [-0.4, -0.2) is 22.4 Å². The van der Waals surface area contributed by atoms with Crippen LogP contribution in [0.15, 0.2) is 36.7 Å². The molecule has 2 aromatic heterocycles. The van der Waals surface area contributed by atoms with Gasteiger partial charge in [-0.2, -0.15) is 0 Å². The fraction of sp³-hybridized carbons (Fsp3) is 0.200. The molecule has 4 N–H and O–H groups in total. The highest BCUT2D eigenvalue weighted by atomic mass is 32.1. The normalized spacial score (nSPS) is 10.9. The summed E-state index contributed by atoms with van der Waals surface area (Å²) in [4.78, 5) is 20.0. The molecule has 3 aromatic rings. The van der Waals surface area contributed by atoms with E-state index < -0.39 is 0 Å². The summed E-state index contributed by atoms with van der Waals surface area (Å²) in [5.74, 6) is 0.913. The van der Waals surface area contributed by atoms with E-state index in [-0.39, 0.29) is 5.91 Å². The third-order valence-electron chi connectivity index (χ3n) is 3.19. The van der Waals surface area contributed by atoms with E-state index in [9.17, 15) is 4.79 Å². The number of aromatic nitrogens is 2. The summed E-state index contributed by atoms with van der Waals surface area (Å²) in [5, 5.41) is 3.95. The average molecular weight is 300 g/mol. The van der Waals surface area contributed by atoms with Gasteiger partial charge in [-0.15, -0.1) is 11.3 Å². The molecule has 2 heterocycles. The van der Waals surface area contributed by atoms with Crippen molar-refractivity contribution in [3.05, 3.63) is 47.4 Å². The Morgan fingerprint density at radius 2 is 2.29 bits per heavy atom. The lowest BCUT2D eigenvalue weighted by molar-refractivity contribution is 0.0957. The molecular formula is C15H16N4OS. The summed E-state index contributed by atoms with van der Waals surface area (Å²) in [7, 11) is 0. The standard InChI is InChI=1S/C15H16N4OS/c16-11-3-4-12-10(8-11)9-13(21-12)15(20)19-5-1-2-14-17-6-7-18-14/h3-4,6-9H,1-2,5,16H2,(H,17,18)(H,19,20). The molecule has 0 saturated heterocycles. The Kier molecular flexibility index (Phi) is 3.87. The van der Waals surface area contributed by atoms with Gasteiger partial charge in [-0.25, -0.2) is 4.98 Å². The van der Waals surface area contributed by atoms with E-state index in [1.165, 1.54) is 11.3 Å². The first-order valence-corrected chi connectivity index (χ1v) is 7.59. The molecular weight excluding hydrogens is 284 g/mol. The number of aromatic amines is 1.